The molecular formula is C10H22N6. The highest BCUT2D eigenvalue weighted by atomic mass is 15.2. The van der Waals surface area contributed by atoms with Gasteiger partial charge in [0.15, 0.2) is 11.9 Å². The van der Waals surface area contributed by atoms with Gasteiger partial charge in [-0.1, -0.05) is 0 Å². The Morgan fingerprint density at radius 2 is 2.31 bits per heavy atom. The van der Waals surface area contributed by atoms with Crippen LogP contribution in [-0.2, 0) is 0 Å². The molecule has 0 saturated heterocycles. The largest absolute Gasteiger partial charge is 0.370 e. The highest BCUT2D eigenvalue weighted by Crippen LogP contribution is 2.03. The van der Waals surface area contributed by atoms with Crippen molar-refractivity contribution in [1.82, 2.24) is 16.0 Å². The van der Waals surface area contributed by atoms with Crippen molar-refractivity contribution in [2.45, 2.75) is 45.3 Å². The van der Waals surface area contributed by atoms with E-state index in [2.05, 4.69) is 34.8 Å². The number of hydrogen-bond donors (Lipinski definition) is 5. The van der Waals surface area contributed by atoms with Crippen LogP contribution in [0.15, 0.2) is 4.99 Å². The van der Waals surface area contributed by atoms with Gasteiger partial charge in [0.25, 0.3) is 0 Å². The van der Waals surface area contributed by atoms with Crippen LogP contribution in [0.4, 0.5) is 0 Å². The molecule has 16 heavy (non-hydrogen) atoms. The number of guanidine groups is 2. The Morgan fingerprint density at radius 1 is 1.62 bits per heavy atom. The SMILES string of the molecule is CC(C)NC1=NCC(C[C@H](C)NC(=N)N)N1. The summed E-state index contributed by atoms with van der Waals surface area (Å²) in [5, 5.41) is 16.6. The number of nitrogens with one attached hydrogen (secondary N) is 4. The van der Waals surface area contributed by atoms with Gasteiger partial charge in [-0.2, -0.15) is 0 Å². The molecule has 0 fully saturated rings. The first-order valence-electron chi connectivity index (χ1n) is 5.65. The summed E-state index contributed by atoms with van der Waals surface area (Å²) in [7, 11) is 0. The molecule has 6 N–H and O–H groups in total. The number of rotatable bonds is 4. The monoisotopic (exact) mass is 226 g/mol. The van der Waals surface area contributed by atoms with Gasteiger partial charge in [-0.3, -0.25) is 10.4 Å². The molecule has 0 saturated carbocycles. The van der Waals surface area contributed by atoms with Crippen LogP contribution in [0.3, 0.4) is 0 Å². The maximum Gasteiger partial charge on any atom is 0.191 e. The fourth-order valence-corrected chi connectivity index (χ4v) is 1.73. The average Bonchev–Trinajstić information content (AvgIpc) is 2.49. The number of nitrogens with two attached hydrogens (primary N) is 1. The Morgan fingerprint density at radius 3 is 2.88 bits per heavy atom. The number of aliphatic imine (C=N–C) groups is 1. The lowest BCUT2D eigenvalue weighted by Crippen LogP contribution is -2.45. The number of hydrogen-bond acceptors (Lipinski definition) is 4. The lowest BCUT2D eigenvalue weighted by Gasteiger charge is -2.19. The predicted molar refractivity (Wildman–Crippen MR) is 66.6 cm³/mol. The van der Waals surface area contributed by atoms with Gasteiger partial charge < -0.3 is 21.7 Å². The third kappa shape index (κ3) is 4.37. The van der Waals surface area contributed by atoms with E-state index in [1.165, 1.54) is 0 Å². The lowest BCUT2D eigenvalue weighted by atomic mass is 10.1. The predicted octanol–water partition coefficient (Wildman–Crippen LogP) is -0.426. The van der Waals surface area contributed by atoms with Crippen molar-refractivity contribution in [3.05, 3.63) is 0 Å². The molecule has 0 aromatic carbocycles. The summed E-state index contributed by atoms with van der Waals surface area (Å²) >= 11 is 0. The molecule has 0 spiro atoms. The van der Waals surface area contributed by atoms with Gasteiger partial charge in [0.1, 0.15) is 0 Å². The van der Waals surface area contributed by atoms with Crippen LogP contribution in [-0.4, -0.2) is 36.6 Å². The van der Waals surface area contributed by atoms with Gasteiger partial charge in [-0.05, 0) is 27.2 Å². The Bertz CT molecular complexity index is 272. The van der Waals surface area contributed by atoms with Crippen molar-refractivity contribution in [1.29, 1.82) is 5.41 Å². The molecule has 0 amide bonds. The first-order valence-corrected chi connectivity index (χ1v) is 5.65. The summed E-state index contributed by atoms with van der Waals surface area (Å²) in [5.74, 6) is 0.891. The molecule has 1 aliphatic heterocycles. The summed E-state index contributed by atoms with van der Waals surface area (Å²) in [6.07, 6.45) is 0.895. The molecule has 0 aliphatic carbocycles. The Labute approximate surface area is 96.6 Å². The van der Waals surface area contributed by atoms with Gasteiger partial charge in [-0.25, -0.2) is 0 Å². The van der Waals surface area contributed by atoms with Crippen molar-refractivity contribution in [3.8, 4) is 0 Å². The first kappa shape index (κ1) is 12.6. The van der Waals surface area contributed by atoms with E-state index in [4.69, 9.17) is 11.1 Å². The highest BCUT2D eigenvalue weighted by Gasteiger charge is 2.19. The minimum Gasteiger partial charge on any atom is -0.370 e. The third-order valence-electron chi connectivity index (χ3n) is 2.28. The molecular weight excluding hydrogens is 204 g/mol. The zero-order valence-electron chi connectivity index (χ0n) is 10.2. The second-order valence-electron chi connectivity index (χ2n) is 4.52. The summed E-state index contributed by atoms with van der Waals surface area (Å²) in [6.45, 7) is 6.95. The van der Waals surface area contributed by atoms with Crippen LogP contribution < -0.4 is 21.7 Å². The fourth-order valence-electron chi connectivity index (χ4n) is 1.73. The van der Waals surface area contributed by atoms with Gasteiger partial charge in [-0.15, -0.1) is 0 Å². The molecule has 0 aromatic rings. The molecule has 92 valence electrons. The van der Waals surface area contributed by atoms with E-state index in [0.717, 1.165) is 18.9 Å². The Hall–Kier alpha value is -1.46. The van der Waals surface area contributed by atoms with Gasteiger partial charge in [0.05, 0.1) is 12.6 Å². The standard InChI is InChI=1S/C10H22N6/c1-6(2)14-10-13-5-8(16-10)4-7(3)15-9(11)12/h6-8H,4-5H2,1-3H3,(H4,11,12,15)(H2,13,14,16)/t7-,8?/m0/s1. The van der Waals surface area contributed by atoms with Crippen molar-refractivity contribution in [3.63, 3.8) is 0 Å². The van der Waals surface area contributed by atoms with Crippen molar-refractivity contribution < 1.29 is 0 Å². The molecule has 1 unspecified atom stereocenters. The minimum atomic E-state index is 0.0203. The van der Waals surface area contributed by atoms with E-state index in [0.29, 0.717) is 12.1 Å². The quantitative estimate of drug-likeness (QED) is 0.332. The highest BCUT2D eigenvalue weighted by molar-refractivity contribution is 5.82. The van der Waals surface area contributed by atoms with E-state index >= 15 is 0 Å². The summed E-state index contributed by atoms with van der Waals surface area (Å²) in [4.78, 5) is 4.37. The van der Waals surface area contributed by atoms with Crippen molar-refractivity contribution in [2.75, 3.05) is 6.54 Å². The Kier molecular flexibility index (Phi) is 4.39. The molecule has 1 rings (SSSR count). The summed E-state index contributed by atoms with van der Waals surface area (Å²) in [5.41, 5.74) is 5.27. The van der Waals surface area contributed by atoms with E-state index in [1.807, 2.05) is 6.92 Å². The van der Waals surface area contributed by atoms with Crippen molar-refractivity contribution in [2.24, 2.45) is 10.7 Å². The molecule has 2 atom stereocenters. The molecule has 6 heteroatoms. The zero-order valence-corrected chi connectivity index (χ0v) is 10.2. The zero-order chi connectivity index (χ0) is 12.1. The smallest absolute Gasteiger partial charge is 0.191 e. The van der Waals surface area contributed by atoms with E-state index in [9.17, 15) is 0 Å². The van der Waals surface area contributed by atoms with Gasteiger partial charge in [0, 0.05) is 12.1 Å². The molecule has 0 aromatic heterocycles. The van der Waals surface area contributed by atoms with E-state index in [-0.39, 0.29) is 12.0 Å². The van der Waals surface area contributed by atoms with Crippen molar-refractivity contribution >= 4 is 11.9 Å². The molecule has 1 heterocycles. The Balaban J connectivity index is 2.25. The molecule has 6 nitrogen and oxygen atoms in total. The van der Waals surface area contributed by atoms with Crippen LogP contribution in [0.2, 0.25) is 0 Å². The maximum atomic E-state index is 7.14. The third-order valence-corrected chi connectivity index (χ3v) is 2.28. The minimum absolute atomic E-state index is 0.0203. The lowest BCUT2D eigenvalue weighted by molar-refractivity contribution is 0.504. The van der Waals surface area contributed by atoms with Gasteiger partial charge in [0.2, 0.25) is 0 Å². The maximum absolute atomic E-state index is 7.14. The first-order chi connectivity index (χ1) is 7.47. The van der Waals surface area contributed by atoms with Crippen LogP contribution in [0, 0.1) is 5.41 Å². The molecule has 1 aliphatic rings. The van der Waals surface area contributed by atoms with Crippen LogP contribution in [0.1, 0.15) is 27.2 Å². The van der Waals surface area contributed by atoms with E-state index < -0.39 is 0 Å². The topological polar surface area (TPSA) is 98.3 Å². The second kappa shape index (κ2) is 5.58. The van der Waals surface area contributed by atoms with Crippen LogP contribution >= 0.6 is 0 Å². The van der Waals surface area contributed by atoms with E-state index in [1.54, 1.807) is 0 Å². The molecule has 0 radical (unpaired) electrons. The van der Waals surface area contributed by atoms with Gasteiger partial charge >= 0.3 is 0 Å². The average molecular weight is 226 g/mol. The van der Waals surface area contributed by atoms with Crippen LogP contribution in [0.5, 0.6) is 0 Å². The summed E-state index contributed by atoms with van der Waals surface area (Å²) in [6, 6.07) is 0.893. The normalized spacial score (nSPS) is 21.2. The second-order valence-corrected chi connectivity index (χ2v) is 4.52. The number of nitrogens with zero attached hydrogens (tertiary/aromatic N) is 1. The fraction of sp³-hybridized carbons (Fsp3) is 0.800. The molecule has 0 bridgehead atoms. The van der Waals surface area contributed by atoms with Crippen LogP contribution in [0.25, 0.3) is 0 Å². The summed E-state index contributed by atoms with van der Waals surface area (Å²) < 4.78 is 0.